The number of fused-ring (bicyclic) bond motifs is 3. The third-order valence-corrected chi connectivity index (χ3v) is 3.45. The smallest absolute Gasteiger partial charge is 0.414 e. The number of nitrogens with zero attached hydrogens (tertiary/aromatic N) is 5. The van der Waals surface area contributed by atoms with Crippen molar-refractivity contribution in [3.8, 4) is 11.4 Å². The van der Waals surface area contributed by atoms with Gasteiger partial charge in [0, 0.05) is 6.07 Å². The zero-order chi connectivity index (χ0) is 14.4. The summed E-state index contributed by atoms with van der Waals surface area (Å²) < 4.78 is 12.2. The van der Waals surface area contributed by atoms with Gasteiger partial charge in [-0.1, -0.05) is 0 Å². The summed E-state index contributed by atoms with van der Waals surface area (Å²) in [5.41, 5.74) is 1.36. The van der Waals surface area contributed by atoms with E-state index in [-0.39, 0.29) is 13.2 Å². The van der Waals surface area contributed by atoms with Crippen molar-refractivity contribution in [3.05, 3.63) is 24.0 Å². The Kier molecular flexibility index (Phi) is 2.54. The van der Waals surface area contributed by atoms with Crippen LogP contribution in [0.4, 0.5) is 10.5 Å². The normalized spacial score (nSPS) is 19.8. The van der Waals surface area contributed by atoms with Crippen LogP contribution in [0.2, 0.25) is 0 Å². The van der Waals surface area contributed by atoms with E-state index in [9.17, 15) is 4.79 Å². The van der Waals surface area contributed by atoms with Gasteiger partial charge in [-0.25, -0.2) is 4.79 Å². The average molecular weight is 289 g/mol. The van der Waals surface area contributed by atoms with Crippen molar-refractivity contribution in [1.82, 2.24) is 20.2 Å². The van der Waals surface area contributed by atoms with Gasteiger partial charge in [0.25, 0.3) is 0 Å². The Morgan fingerprint density at radius 1 is 1.43 bits per heavy atom. The van der Waals surface area contributed by atoms with Gasteiger partial charge in [0.1, 0.15) is 24.1 Å². The minimum Gasteiger partial charge on any atom is -0.483 e. The fourth-order valence-electron chi connectivity index (χ4n) is 2.41. The number of cyclic esters (lactones) is 1. The van der Waals surface area contributed by atoms with Gasteiger partial charge in [0.05, 0.1) is 18.8 Å². The van der Waals surface area contributed by atoms with Crippen molar-refractivity contribution in [1.29, 1.82) is 0 Å². The van der Waals surface area contributed by atoms with Gasteiger partial charge in [-0.15, -0.1) is 5.10 Å². The molecular formula is C12H11N5O4. The van der Waals surface area contributed by atoms with Gasteiger partial charge >= 0.3 is 6.09 Å². The Bertz CT molecular complexity index is 715. The van der Waals surface area contributed by atoms with E-state index in [2.05, 4.69) is 15.5 Å². The number of hydrogen-bond donors (Lipinski definition) is 1. The number of anilines is 1. The Labute approximate surface area is 118 Å². The van der Waals surface area contributed by atoms with Crippen molar-refractivity contribution in [2.24, 2.45) is 0 Å². The molecule has 1 saturated heterocycles. The minimum absolute atomic E-state index is 0.197. The highest BCUT2D eigenvalue weighted by atomic mass is 16.6. The van der Waals surface area contributed by atoms with Gasteiger partial charge < -0.3 is 14.6 Å². The first-order chi connectivity index (χ1) is 10.3. The van der Waals surface area contributed by atoms with Crippen LogP contribution in [0.1, 0.15) is 5.82 Å². The number of carbonyl (C=O) groups is 1. The summed E-state index contributed by atoms with van der Waals surface area (Å²) in [6.45, 7) is 0.384. The molecule has 0 saturated carbocycles. The number of hydrogen-bond acceptors (Lipinski definition) is 7. The zero-order valence-corrected chi connectivity index (χ0v) is 10.8. The van der Waals surface area contributed by atoms with E-state index in [1.165, 1.54) is 4.90 Å². The summed E-state index contributed by atoms with van der Waals surface area (Å²) in [6, 6.07) is 5.28. The lowest BCUT2D eigenvalue weighted by molar-refractivity contribution is 0.0963. The van der Waals surface area contributed by atoms with E-state index in [0.29, 0.717) is 23.8 Å². The molecule has 1 atom stereocenters. The van der Waals surface area contributed by atoms with Gasteiger partial charge in [-0.05, 0) is 22.6 Å². The van der Waals surface area contributed by atoms with Crippen LogP contribution in [-0.2, 0) is 11.3 Å². The van der Waals surface area contributed by atoms with Crippen LogP contribution in [0, 0.1) is 0 Å². The standard InChI is InChI=1S/C12H11N5O4/c18-5-8-4-16(12(19)21-8)7-1-2-9-10(3-7)20-6-11-13-14-15-17(9)11/h1-3,8,18H,4-6H2/t8-/m1/s1. The topological polar surface area (TPSA) is 103 Å². The highest BCUT2D eigenvalue weighted by Gasteiger charge is 2.32. The predicted octanol–water partition coefficient (Wildman–Crippen LogP) is -0.128. The average Bonchev–Trinajstić information content (AvgIpc) is 3.12. The van der Waals surface area contributed by atoms with E-state index in [1.54, 1.807) is 22.9 Å². The lowest BCUT2D eigenvalue weighted by Gasteiger charge is -2.20. The highest BCUT2D eigenvalue weighted by molar-refractivity contribution is 5.90. The van der Waals surface area contributed by atoms with Crippen molar-refractivity contribution < 1.29 is 19.4 Å². The molecule has 1 fully saturated rings. The fraction of sp³-hybridized carbons (Fsp3) is 0.333. The zero-order valence-electron chi connectivity index (χ0n) is 10.8. The summed E-state index contributed by atoms with van der Waals surface area (Å²) >= 11 is 0. The van der Waals surface area contributed by atoms with E-state index in [4.69, 9.17) is 14.6 Å². The molecule has 1 amide bonds. The highest BCUT2D eigenvalue weighted by Crippen LogP contribution is 2.33. The molecule has 0 aliphatic carbocycles. The van der Waals surface area contributed by atoms with Crippen LogP contribution in [0.15, 0.2) is 18.2 Å². The summed E-state index contributed by atoms with van der Waals surface area (Å²) in [4.78, 5) is 13.2. The second-order valence-corrected chi connectivity index (χ2v) is 4.75. The van der Waals surface area contributed by atoms with E-state index >= 15 is 0 Å². The monoisotopic (exact) mass is 289 g/mol. The molecule has 0 radical (unpaired) electrons. The molecule has 1 aromatic heterocycles. The lowest BCUT2D eigenvalue weighted by Crippen LogP contribution is -2.25. The largest absolute Gasteiger partial charge is 0.483 e. The summed E-state index contributed by atoms with van der Waals surface area (Å²) in [6.07, 6.45) is -0.978. The molecule has 2 aromatic rings. The maximum atomic E-state index is 11.8. The fourth-order valence-corrected chi connectivity index (χ4v) is 2.41. The summed E-state index contributed by atoms with van der Waals surface area (Å²) in [5.74, 6) is 1.21. The number of rotatable bonds is 2. The molecule has 0 unspecified atom stereocenters. The number of ether oxygens (including phenoxy) is 2. The Morgan fingerprint density at radius 2 is 2.33 bits per heavy atom. The first-order valence-electron chi connectivity index (χ1n) is 6.40. The number of tetrazole rings is 1. The maximum absolute atomic E-state index is 11.8. The van der Waals surface area contributed by atoms with Gasteiger partial charge in [0.15, 0.2) is 5.82 Å². The van der Waals surface area contributed by atoms with Gasteiger partial charge in [0.2, 0.25) is 0 Å². The number of carbonyl (C=O) groups excluding carboxylic acids is 1. The molecule has 9 nitrogen and oxygen atoms in total. The Morgan fingerprint density at radius 3 is 3.14 bits per heavy atom. The first kappa shape index (κ1) is 12.1. The van der Waals surface area contributed by atoms with Crippen LogP contribution in [0.3, 0.4) is 0 Å². The van der Waals surface area contributed by atoms with Crippen molar-refractivity contribution in [3.63, 3.8) is 0 Å². The van der Waals surface area contributed by atoms with E-state index in [1.807, 2.05) is 0 Å². The molecule has 9 heteroatoms. The number of aliphatic hydroxyl groups excluding tert-OH is 1. The van der Waals surface area contributed by atoms with E-state index < -0.39 is 12.2 Å². The molecular weight excluding hydrogens is 278 g/mol. The number of amides is 1. The molecule has 0 spiro atoms. The third kappa shape index (κ3) is 1.82. The second-order valence-electron chi connectivity index (χ2n) is 4.75. The number of aliphatic hydroxyl groups is 1. The molecule has 108 valence electrons. The second kappa shape index (κ2) is 4.42. The number of benzene rings is 1. The van der Waals surface area contributed by atoms with Crippen molar-refractivity contribution >= 4 is 11.8 Å². The molecule has 2 aliphatic rings. The van der Waals surface area contributed by atoms with Crippen LogP contribution in [0.25, 0.3) is 5.69 Å². The van der Waals surface area contributed by atoms with E-state index in [0.717, 1.165) is 5.69 Å². The SMILES string of the molecule is O=C1O[C@@H](CO)CN1c1ccc2c(c1)OCc1nnnn1-2. The Balaban J connectivity index is 1.70. The lowest BCUT2D eigenvalue weighted by atomic mass is 10.2. The minimum atomic E-state index is -0.499. The quantitative estimate of drug-likeness (QED) is 0.821. The third-order valence-electron chi connectivity index (χ3n) is 3.45. The van der Waals surface area contributed by atoms with Crippen LogP contribution in [0.5, 0.6) is 5.75 Å². The predicted molar refractivity (Wildman–Crippen MR) is 68.2 cm³/mol. The van der Waals surface area contributed by atoms with Crippen LogP contribution in [-0.4, -0.2) is 50.7 Å². The molecule has 1 aromatic carbocycles. The van der Waals surface area contributed by atoms with Gasteiger partial charge in [-0.2, -0.15) is 4.68 Å². The van der Waals surface area contributed by atoms with Crippen molar-refractivity contribution in [2.75, 3.05) is 18.1 Å². The van der Waals surface area contributed by atoms with Crippen LogP contribution < -0.4 is 9.64 Å². The van der Waals surface area contributed by atoms with Crippen molar-refractivity contribution in [2.45, 2.75) is 12.7 Å². The number of aromatic nitrogens is 4. The first-order valence-corrected chi connectivity index (χ1v) is 6.40. The Hall–Kier alpha value is -2.68. The van der Waals surface area contributed by atoms with Crippen LogP contribution >= 0.6 is 0 Å². The summed E-state index contributed by atoms with van der Waals surface area (Å²) in [5, 5.41) is 20.4. The molecule has 3 heterocycles. The van der Waals surface area contributed by atoms with Gasteiger partial charge in [-0.3, -0.25) is 4.90 Å². The molecule has 21 heavy (non-hydrogen) atoms. The molecule has 0 bridgehead atoms. The molecule has 4 rings (SSSR count). The maximum Gasteiger partial charge on any atom is 0.414 e. The molecule has 2 aliphatic heterocycles. The molecule has 1 N–H and O–H groups in total. The summed E-state index contributed by atoms with van der Waals surface area (Å²) in [7, 11) is 0.